The molecule has 0 spiro atoms. The van der Waals surface area contributed by atoms with Crippen molar-refractivity contribution in [3.63, 3.8) is 0 Å². The van der Waals surface area contributed by atoms with Crippen LogP contribution in [0.1, 0.15) is 25.5 Å². The highest BCUT2D eigenvalue weighted by Crippen LogP contribution is 2.27. The Morgan fingerprint density at radius 3 is 2.69 bits per heavy atom. The highest BCUT2D eigenvalue weighted by Gasteiger charge is 2.12. The lowest BCUT2D eigenvalue weighted by Gasteiger charge is -2.01. The van der Waals surface area contributed by atoms with Crippen molar-refractivity contribution < 1.29 is 8.81 Å². The smallest absolute Gasteiger partial charge is 0.228 e. The molecule has 0 aliphatic rings. The fourth-order valence-electron chi connectivity index (χ4n) is 1.41. The number of nitrogen functional groups attached to an aromatic ring is 1. The molecule has 0 saturated carbocycles. The van der Waals surface area contributed by atoms with E-state index in [1.54, 1.807) is 12.3 Å². The largest absolute Gasteiger partial charge is 0.441 e. The maximum Gasteiger partial charge on any atom is 0.228 e. The predicted octanol–water partition coefficient (Wildman–Crippen LogP) is 3.19. The molecule has 16 heavy (non-hydrogen) atoms. The van der Waals surface area contributed by atoms with Crippen LogP contribution in [-0.2, 0) is 0 Å². The van der Waals surface area contributed by atoms with Gasteiger partial charge in [0, 0.05) is 11.6 Å². The standard InChI is InChI=1S/C12H13FN2O/c1-7(2)11-6-15-12(16-11)9-4-3-8(13)5-10(9)14/h3-7H,14H2,1-2H3. The molecule has 4 heteroatoms. The maximum atomic E-state index is 12.9. The highest BCUT2D eigenvalue weighted by molar-refractivity contribution is 5.70. The second-order valence-corrected chi connectivity index (χ2v) is 3.95. The molecule has 0 radical (unpaired) electrons. The summed E-state index contributed by atoms with van der Waals surface area (Å²) in [4.78, 5) is 4.13. The Bertz CT molecular complexity index is 505. The molecule has 0 unspecified atom stereocenters. The number of anilines is 1. The van der Waals surface area contributed by atoms with Crippen molar-refractivity contribution in [3.05, 3.63) is 36.0 Å². The van der Waals surface area contributed by atoms with Gasteiger partial charge in [0.2, 0.25) is 5.89 Å². The van der Waals surface area contributed by atoms with E-state index in [0.717, 1.165) is 5.76 Å². The molecule has 3 nitrogen and oxygen atoms in total. The average molecular weight is 220 g/mol. The third kappa shape index (κ3) is 1.91. The van der Waals surface area contributed by atoms with Crippen LogP contribution in [0.3, 0.4) is 0 Å². The van der Waals surface area contributed by atoms with Gasteiger partial charge in [-0.15, -0.1) is 0 Å². The summed E-state index contributed by atoms with van der Waals surface area (Å²) in [6.07, 6.45) is 1.67. The first-order valence-corrected chi connectivity index (χ1v) is 5.09. The normalized spacial score (nSPS) is 11.0. The second-order valence-electron chi connectivity index (χ2n) is 3.95. The van der Waals surface area contributed by atoms with Crippen LogP contribution in [0.2, 0.25) is 0 Å². The van der Waals surface area contributed by atoms with Crippen LogP contribution in [0, 0.1) is 5.82 Å². The lowest BCUT2D eigenvalue weighted by atomic mass is 10.2. The molecule has 0 aliphatic heterocycles. The van der Waals surface area contributed by atoms with E-state index in [4.69, 9.17) is 10.2 Å². The number of benzene rings is 1. The summed E-state index contributed by atoms with van der Waals surface area (Å²) in [7, 11) is 0. The van der Waals surface area contributed by atoms with E-state index in [9.17, 15) is 4.39 Å². The van der Waals surface area contributed by atoms with Crippen molar-refractivity contribution in [2.45, 2.75) is 19.8 Å². The van der Waals surface area contributed by atoms with Crippen LogP contribution < -0.4 is 5.73 Å². The van der Waals surface area contributed by atoms with Gasteiger partial charge in [-0.3, -0.25) is 0 Å². The van der Waals surface area contributed by atoms with E-state index < -0.39 is 0 Å². The van der Waals surface area contributed by atoms with E-state index in [-0.39, 0.29) is 11.7 Å². The first kappa shape index (κ1) is 10.7. The van der Waals surface area contributed by atoms with Crippen molar-refractivity contribution >= 4 is 5.69 Å². The number of halogens is 1. The second kappa shape index (κ2) is 3.96. The summed E-state index contributed by atoms with van der Waals surface area (Å²) in [5.41, 5.74) is 6.65. The zero-order chi connectivity index (χ0) is 11.7. The molecule has 1 heterocycles. The molecule has 1 aromatic carbocycles. The summed E-state index contributed by atoms with van der Waals surface area (Å²) in [5, 5.41) is 0. The summed E-state index contributed by atoms with van der Waals surface area (Å²) >= 11 is 0. The number of hydrogen-bond acceptors (Lipinski definition) is 3. The Morgan fingerprint density at radius 2 is 2.12 bits per heavy atom. The molecule has 0 fully saturated rings. The predicted molar refractivity (Wildman–Crippen MR) is 60.4 cm³/mol. The molecule has 0 saturated heterocycles. The van der Waals surface area contributed by atoms with E-state index in [1.165, 1.54) is 12.1 Å². The average Bonchev–Trinajstić information content (AvgIpc) is 2.66. The first-order valence-electron chi connectivity index (χ1n) is 5.09. The topological polar surface area (TPSA) is 52.0 Å². The molecule has 2 aromatic rings. The number of hydrogen-bond donors (Lipinski definition) is 1. The van der Waals surface area contributed by atoms with Gasteiger partial charge in [0.15, 0.2) is 0 Å². The lowest BCUT2D eigenvalue weighted by molar-refractivity contribution is 0.495. The van der Waals surface area contributed by atoms with Crippen molar-refractivity contribution in [1.29, 1.82) is 0 Å². The quantitative estimate of drug-likeness (QED) is 0.791. The Balaban J connectivity index is 2.42. The summed E-state index contributed by atoms with van der Waals surface area (Å²) in [6.45, 7) is 4.02. The molecule has 0 aliphatic carbocycles. The van der Waals surface area contributed by atoms with Crippen LogP contribution in [0.25, 0.3) is 11.5 Å². The van der Waals surface area contributed by atoms with Crippen molar-refractivity contribution in [1.82, 2.24) is 4.98 Å². The van der Waals surface area contributed by atoms with E-state index in [0.29, 0.717) is 17.1 Å². The van der Waals surface area contributed by atoms with Crippen molar-refractivity contribution in [2.75, 3.05) is 5.73 Å². The van der Waals surface area contributed by atoms with Gasteiger partial charge in [-0.05, 0) is 18.2 Å². The minimum atomic E-state index is -0.364. The van der Waals surface area contributed by atoms with Gasteiger partial charge in [0.25, 0.3) is 0 Å². The lowest BCUT2D eigenvalue weighted by Crippen LogP contribution is -1.91. The van der Waals surface area contributed by atoms with Gasteiger partial charge in [-0.2, -0.15) is 0 Å². The van der Waals surface area contributed by atoms with Gasteiger partial charge in [-0.25, -0.2) is 9.37 Å². The monoisotopic (exact) mass is 220 g/mol. The summed E-state index contributed by atoms with van der Waals surface area (Å²) < 4.78 is 18.4. The van der Waals surface area contributed by atoms with Gasteiger partial charge in [0.05, 0.1) is 11.8 Å². The molecule has 2 rings (SSSR count). The molecule has 0 amide bonds. The SMILES string of the molecule is CC(C)c1cnc(-c2ccc(F)cc2N)o1. The number of oxazole rings is 1. The Morgan fingerprint density at radius 1 is 1.38 bits per heavy atom. The summed E-state index contributed by atoms with van der Waals surface area (Å²) in [6, 6.07) is 4.17. The molecule has 0 atom stereocenters. The van der Waals surface area contributed by atoms with Crippen molar-refractivity contribution in [2.24, 2.45) is 0 Å². The summed E-state index contributed by atoms with van der Waals surface area (Å²) in [5.74, 6) is 1.12. The number of rotatable bonds is 2. The molecule has 84 valence electrons. The third-order valence-corrected chi connectivity index (χ3v) is 2.34. The fraction of sp³-hybridized carbons (Fsp3) is 0.250. The van der Waals surface area contributed by atoms with E-state index in [2.05, 4.69) is 4.98 Å². The number of nitrogens with zero attached hydrogens (tertiary/aromatic N) is 1. The van der Waals surface area contributed by atoms with Crippen molar-refractivity contribution in [3.8, 4) is 11.5 Å². The first-order chi connectivity index (χ1) is 7.58. The number of aromatic nitrogens is 1. The van der Waals surface area contributed by atoms with E-state index >= 15 is 0 Å². The maximum absolute atomic E-state index is 12.9. The van der Waals surface area contributed by atoms with Gasteiger partial charge in [0.1, 0.15) is 11.6 Å². The molecule has 2 N–H and O–H groups in total. The van der Waals surface area contributed by atoms with E-state index in [1.807, 2.05) is 13.8 Å². The van der Waals surface area contributed by atoms with Crippen LogP contribution in [0.4, 0.5) is 10.1 Å². The van der Waals surface area contributed by atoms with Gasteiger partial charge in [-0.1, -0.05) is 13.8 Å². The fourth-order valence-corrected chi connectivity index (χ4v) is 1.41. The van der Waals surface area contributed by atoms with Crippen LogP contribution in [0.5, 0.6) is 0 Å². The minimum Gasteiger partial charge on any atom is -0.441 e. The molecule has 0 bridgehead atoms. The zero-order valence-corrected chi connectivity index (χ0v) is 9.20. The zero-order valence-electron chi connectivity index (χ0n) is 9.20. The minimum absolute atomic E-state index is 0.267. The van der Waals surface area contributed by atoms with Crippen LogP contribution in [-0.4, -0.2) is 4.98 Å². The third-order valence-electron chi connectivity index (χ3n) is 2.34. The molecular formula is C12H13FN2O. The van der Waals surface area contributed by atoms with Crippen LogP contribution in [0.15, 0.2) is 28.8 Å². The molecule has 1 aromatic heterocycles. The molecular weight excluding hydrogens is 207 g/mol. The van der Waals surface area contributed by atoms with Crippen LogP contribution >= 0.6 is 0 Å². The van der Waals surface area contributed by atoms with Gasteiger partial charge >= 0.3 is 0 Å². The Kier molecular flexibility index (Phi) is 2.64. The Hall–Kier alpha value is -1.84. The number of nitrogens with two attached hydrogens (primary N) is 1. The van der Waals surface area contributed by atoms with Gasteiger partial charge < -0.3 is 10.2 Å². The highest BCUT2D eigenvalue weighted by atomic mass is 19.1. The Labute approximate surface area is 93.1 Å².